The van der Waals surface area contributed by atoms with Crippen molar-refractivity contribution >= 4 is 23.0 Å². The van der Waals surface area contributed by atoms with Gasteiger partial charge >= 0.3 is 0 Å². The van der Waals surface area contributed by atoms with Crippen LogP contribution in [0.2, 0.25) is 5.02 Å². The topological polar surface area (TPSA) is 68.3 Å². The molecule has 0 bridgehead atoms. The minimum atomic E-state index is -0.721. The van der Waals surface area contributed by atoms with Crippen molar-refractivity contribution in [1.82, 2.24) is 0 Å². The number of benzene rings is 1. The van der Waals surface area contributed by atoms with Gasteiger partial charge in [0, 0.05) is 12.1 Å². The third-order valence-corrected chi connectivity index (χ3v) is 2.87. The third-order valence-electron chi connectivity index (χ3n) is 2.58. The van der Waals surface area contributed by atoms with Crippen LogP contribution in [0.1, 0.15) is 18.7 Å². The summed E-state index contributed by atoms with van der Waals surface area (Å²) < 4.78 is 18.6. The Morgan fingerprint density at radius 1 is 1.53 bits per heavy atom. The number of halogens is 2. The van der Waals surface area contributed by atoms with Gasteiger partial charge in [-0.15, -0.1) is 0 Å². The zero-order chi connectivity index (χ0) is 14.0. The van der Waals surface area contributed by atoms with Crippen LogP contribution in [0.4, 0.5) is 15.8 Å². The van der Waals surface area contributed by atoms with Crippen molar-refractivity contribution < 1.29 is 13.7 Å². The molecule has 0 aliphatic carbocycles. The minimum Gasteiger partial charge on any atom is -0.467 e. The average molecular weight is 285 g/mol. The molecule has 7 heteroatoms. The van der Waals surface area contributed by atoms with E-state index in [0.717, 1.165) is 12.1 Å². The molecule has 0 aliphatic heterocycles. The minimum absolute atomic E-state index is 0.0517. The van der Waals surface area contributed by atoms with Crippen molar-refractivity contribution in [3.05, 3.63) is 57.2 Å². The summed E-state index contributed by atoms with van der Waals surface area (Å²) >= 11 is 5.54. The number of nitro benzene ring substituents is 1. The second-order valence-electron chi connectivity index (χ2n) is 3.92. The van der Waals surface area contributed by atoms with E-state index in [9.17, 15) is 14.5 Å². The largest absolute Gasteiger partial charge is 0.467 e. The lowest BCUT2D eigenvalue weighted by Crippen LogP contribution is -2.08. The van der Waals surface area contributed by atoms with Crippen LogP contribution in [0.25, 0.3) is 0 Å². The molecule has 0 amide bonds. The maximum absolute atomic E-state index is 13.4. The molecule has 0 spiro atoms. The molecular formula is C12H10ClFN2O3. The van der Waals surface area contributed by atoms with E-state index in [0.29, 0.717) is 5.76 Å². The Morgan fingerprint density at radius 2 is 2.26 bits per heavy atom. The second kappa shape index (κ2) is 5.27. The van der Waals surface area contributed by atoms with E-state index < -0.39 is 10.7 Å². The Labute approximate surface area is 113 Å². The van der Waals surface area contributed by atoms with Crippen molar-refractivity contribution in [3.63, 3.8) is 0 Å². The molecular weight excluding hydrogens is 275 g/mol. The van der Waals surface area contributed by atoms with Crippen LogP contribution < -0.4 is 5.32 Å². The molecule has 1 aromatic heterocycles. The van der Waals surface area contributed by atoms with E-state index in [2.05, 4.69) is 5.32 Å². The van der Waals surface area contributed by atoms with E-state index in [1.807, 2.05) is 0 Å². The molecule has 1 aromatic carbocycles. The molecule has 2 rings (SSSR count). The van der Waals surface area contributed by atoms with Gasteiger partial charge in [-0.25, -0.2) is 4.39 Å². The number of rotatable bonds is 4. The number of hydrogen-bond donors (Lipinski definition) is 1. The SMILES string of the molecule is CC(Nc1cc(F)c(Cl)cc1[N+](=O)[O-])c1ccco1. The fraction of sp³-hybridized carbons (Fsp3) is 0.167. The van der Waals surface area contributed by atoms with Crippen LogP contribution in [0, 0.1) is 15.9 Å². The quantitative estimate of drug-likeness (QED) is 0.676. The summed E-state index contributed by atoms with van der Waals surface area (Å²) in [6.07, 6.45) is 1.49. The predicted molar refractivity (Wildman–Crippen MR) is 68.8 cm³/mol. The summed E-state index contributed by atoms with van der Waals surface area (Å²) in [5.74, 6) is -0.133. The van der Waals surface area contributed by atoms with Crippen molar-refractivity contribution in [2.24, 2.45) is 0 Å². The number of furan rings is 1. The maximum Gasteiger partial charge on any atom is 0.294 e. The first-order valence-corrected chi connectivity index (χ1v) is 5.80. The van der Waals surface area contributed by atoms with Crippen LogP contribution in [0.5, 0.6) is 0 Å². The highest BCUT2D eigenvalue weighted by atomic mass is 35.5. The summed E-state index contributed by atoms with van der Waals surface area (Å²) in [4.78, 5) is 10.3. The van der Waals surface area contributed by atoms with Crippen LogP contribution in [-0.2, 0) is 0 Å². The first-order valence-electron chi connectivity index (χ1n) is 5.42. The summed E-state index contributed by atoms with van der Waals surface area (Å²) in [6.45, 7) is 1.75. The van der Waals surface area contributed by atoms with Gasteiger partial charge in [0.1, 0.15) is 17.3 Å². The number of nitrogens with zero attached hydrogens (tertiary/aromatic N) is 1. The van der Waals surface area contributed by atoms with Crippen LogP contribution in [0.15, 0.2) is 34.9 Å². The molecule has 19 heavy (non-hydrogen) atoms. The molecule has 0 fully saturated rings. The van der Waals surface area contributed by atoms with Gasteiger partial charge in [-0.1, -0.05) is 11.6 Å². The monoisotopic (exact) mass is 284 g/mol. The molecule has 1 unspecified atom stereocenters. The van der Waals surface area contributed by atoms with Crippen molar-refractivity contribution in [2.75, 3.05) is 5.32 Å². The van der Waals surface area contributed by atoms with E-state index in [1.165, 1.54) is 6.26 Å². The molecule has 0 radical (unpaired) electrons. The maximum atomic E-state index is 13.4. The molecule has 1 heterocycles. The molecule has 0 saturated heterocycles. The molecule has 1 atom stereocenters. The van der Waals surface area contributed by atoms with E-state index in [1.54, 1.807) is 19.1 Å². The first-order chi connectivity index (χ1) is 8.99. The Morgan fingerprint density at radius 3 is 2.84 bits per heavy atom. The van der Waals surface area contributed by atoms with Crippen molar-refractivity contribution in [1.29, 1.82) is 0 Å². The molecule has 100 valence electrons. The van der Waals surface area contributed by atoms with Crippen molar-refractivity contribution in [3.8, 4) is 0 Å². The lowest BCUT2D eigenvalue weighted by atomic mass is 10.2. The fourth-order valence-electron chi connectivity index (χ4n) is 1.65. The number of nitrogens with one attached hydrogen (secondary N) is 1. The zero-order valence-electron chi connectivity index (χ0n) is 9.89. The van der Waals surface area contributed by atoms with Crippen molar-refractivity contribution in [2.45, 2.75) is 13.0 Å². The van der Waals surface area contributed by atoms with Gasteiger partial charge < -0.3 is 9.73 Å². The van der Waals surface area contributed by atoms with Crippen LogP contribution >= 0.6 is 11.6 Å². The first kappa shape index (κ1) is 13.4. The summed E-state index contributed by atoms with van der Waals surface area (Å²) in [6, 6.07) is 5.06. The van der Waals surface area contributed by atoms with Crippen LogP contribution in [0.3, 0.4) is 0 Å². The lowest BCUT2D eigenvalue weighted by Gasteiger charge is -2.13. The predicted octanol–water partition coefficient (Wildman–Crippen LogP) is 4.15. The Hall–Kier alpha value is -2.08. The van der Waals surface area contributed by atoms with Gasteiger partial charge in [0.25, 0.3) is 5.69 Å². The van der Waals surface area contributed by atoms with Gasteiger partial charge in [-0.2, -0.15) is 0 Å². The third kappa shape index (κ3) is 2.85. The number of anilines is 1. The summed E-state index contributed by atoms with van der Waals surface area (Å²) in [5, 5.41) is 13.5. The average Bonchev–Trinajstić information content (AvgIpc) is 2.86. The lowest BCUT2D eigenvalue weighted by molar-refractivity contribution is -0.384. The van der Waals surface area contributed by atoms with Gasteiger partial charge in [0.2, 0.25) is 0 Å². The Balaban J connectivity index is 2.33. The van der Waals surface area contributed by atoms with Gasteiger partial charge in [0.05, 0.1) is 22.3 Å². The van der Waals surface area contributed by atoms with E-state index >= 15 is 0 Å². The highest BCUT2D eigenvalue weighted by Gasteiger charge is 2.20. The molecule has 2 aromatic rings. The molecule has 0 aliphatic rings. The summed E-state index contributed by atoms with van der Waals surface area (Å²) in [5.41, 5.74) is -0.236. The molecule has 5 nitrogen and oxygen atoms in total. The highest BCUT2D eigenvalue weighted by molar-refractivity contribution is 6.31. The van der Waals surface area contributed by atoms with Gasteiger partial charge in [-0.3, -0.25) is 10.1 Å². The highest BCUT2D eigenvalue weighted by Crippen LogP contribution is 2.32. The number of nitro groups is 1. The molecule has 0 saturated carbocycles. The zero-order valence-corrected chi connectivity index (χ0v) is 10.6. The Kier molecular flexibility index (Phi) is 3.71. The number of hydrogen-bond acceptors (Lipinski definition) is 4. The van der Waals surface area contributed by atoms with Gasteiger partial charge in [-0.05, 0) is 19.1 Å². The Bertz CT molecular complexity index is 601. The molecule has 1 N–H and O–H groups in total. The normalized spacial score (nSPS) is 12.2. The fourth-order valence-corrected chi connectivity index (χ4v) is 1.80. The standard InChI is InChI=1S/C12H10ClFN2O3/c1-7(12-3-2-4-19-12)15-10-6-9(14)8(13)5-11(10)16(17)18/h2-7,15H,1H3. The summed E-state index contributed by atoms with van der Waals surface area (Å²) in [7, 11) is 0. The second-order valence-corrected chi connectivity index (χ2v) is 4.33. The van der Waals surface area contributed by atoms with E-state index in [-0.39, 0.29) is 22.4 Å². The smallest absolute Gasteiger partial charge is 0.294 e. The van der Waals surface area contributed by atoms with E-state index in [4.69, 9.17) is 16.0 Å². The van der Waals surface area contributed by atoms with Gasteiger partial charge in [0.15, 0.2) is 0 Å². The van der Waals surface area contributed by atoms with Crippen LogP contribution in [-0.4, -0.2) is 4.92 Å².